The third-order valence-corrected chi connectivity index (χ3v) is 6.47. The molecule has 0 aliphatic heterocycles. The summed E-state index contributed by atoms with van der Waals surface area (Å²) in [6.07, 6.45) is 0. The molecule has 2 aromatic carbocycles. The van der Waals surface area contributed by atoms with Crippen molar-refractivity contribution in [3.05, 3.63) is 81.2 Å². The van der Waals surface area contributed by atoms with Crippen molar-refractivity contribution in [1.82, 2.24) is 14.9 Å². The summed E-state index contributed by atoms with van der Waals surface area (Å²) in [4.78, 5) is 30.2. The Labute approximate surface area is 193 Å². The van der Waals surface area contributed by atoms with Crippen molar-refractivity contribution in [2.24, 2.45) is 0 Å². The molecule has 6 nitrogen and oxygen atoms in total. The second-order valence-electron chi connectivity index (χ2n) is 7.26. The maximum atomic E-state index is 13.2. The molecule has 2 N–H and O–H groups in total. The van der Waals surface area contributed by atoms with Crippen LogP contribution in [0.4, 0.5) is 9.39 Å². The van der Waals surface area contributed by atoms with Gasteiger partial charge in [-0.05, 0) is 55.8 Å². The summed E-state index contributed by atoms with van der Waals surface area (Å²) >= 11 is 7.13. The van der Waals surface area contributed by atoms with E-state index in [0.29, 0.717) is 23.0 Å². The van der Waals surface area contributed by atoms with Crippen molar-refractivity contribution in [3.63, 3.8) is 0 Å². The number of benzene rings is 2. The first-order valence-corrected chi connectivity index (χ1v) is 11.1. The monoisotopic (exact) mass is 470 g/mol. The Balaban J connectivity index is 1.40. The molecule has 0 aliphatic carbocycles. The van der Waals surface area contributed by atoms with Crippen LogP contribution >= 0.6 is 22.9 Å². The Bertz CT molecular complexity index is 1330. The summed E-state index contributed by atoms with van der Waals surface area (Å²) in [7, 11) is 0. The topological polar surface area (TPSA) is 76.0 Å². The first-order valence-electron chi connectivity index (χ1n) is 9.90. The van der Waals surface area contributed by atoms with Crippen LogP contribution in [-0.4, -0.2) is 27.9 Å². The number of anilines is 1. The zero-order valence-electron chi connectivity index (χ0n) is 17.4. The Morgan fingerprint density at radius 3 is 2.69 bits per heavy atom. The van der Waals surface area contributed by atoms with Crippen LogP contribution < -0.4 is 10.6 Å². The number of nitrogens with one attached hydrogen (secondary N) is 2. The van der Waals surface area contributed by atoms with Crippen molar-refractivity contribution in [1.29, 1.82) is 0 Å². The fourth-order valence-electron chi connectivity index (χ4n) is 3.46. The number of hydrogen-bond acceptors (Lipinski definition) is 4. The minimum atomic E-state index is -0.517. The minimum absolute atomic E-state index is 0.0241. The molecule has 2 heterocycles. The Kier molecular flexibility index (Phi) is 6.25. The second kappa shape index (κ2) is 9.10. The van der Waals surface area contributed by atoms with Crippen molar-refractivity contribution in [2.45, 2.75) is 20.4 Å². The fraction of sp³-hybridized carbons (Fsp3) is 0.174. The number of nitrogens with zero attached hydrogens (tertiary/aromatic N) is 2. The summed E-state index contributed by atoms with van der Waals surface area (Å²) in [5, 5.41) is 6.18. The van der Waals surface area contributed by atoms with Crippen molar-refractivity contribution in [3.8, 4) is 0 Å². The van der Waals surface area contributed by atoms with Crippen molar-refractivity contribution in [2.75, 3.05) is 11.9 Å². The Morgan fingerprint density at radius 2 is 1.91 bits per heavy atom. The lowest BCUT2D eigenvalue weighted by molar-refractivity contribution is 0.0954. The Hall–Kier alpha value is -3.23. The molecular weight excluding hydrogens is 451 g/mol. The van der Waals surface area contributed by atoms with Crippen molar-refractivity contribution < 1.29 is 14.0 Å². The standard InChI is InChI=1S/C23H20ClFN4O2S/c1-13-11-20(28-22(30)16-8-7-15(25)12-17(16)24)32-21(13)23(31)26-9-10-29-14(2)27-18-5-3-4-6-19(18)29/h3-8,11-12H,9-10H2,1-2H3,(H,26,31)(H,28,30). The second-order valence-corrected chi connectivity index (χ2v) is 8.72. The van der Waals surface area contributed by atoms with E-state index >= 15 is 0 Å². The highest BCUT2D eigenvalue weighted by Crippen LogP contribution is 2.28. The van der Waals surface area contributed by atoms with E-state index in [1.807, 2.05) is 31.2 Å². The number of hydrogen-bond donors (Lipinski definition) is 2. The molecule has 0 spiro atoms. The van der Waals surface area contributed by atoms with Gasteiger partial charge in [-0.25, -0.2) is 9.37 Å². The van der Waals surface area contributed by atoms with E-state index in [-0.39, 0.29) is 16.5 Å². The molecule has 0 bridgehead atoms. The Morgan fingerprint density at radius 1 is 1.12 bits per heavy atom. The van der Waals surface area contributed by atoms with Gasteiger partial charge in [0.2, 0.25) is 0 Å². The highest BCUT2D eigenvalue weighted by atomic mass is 35.5. The SMILES string of the molecule is Cc1cc(NC(=O)c2ccc(F)cc2Cl)sc1C(=O)NCCn1c(C)nc2ccccc21. The van der Waals surface area contributed by atoms with Crippen LogP contribution in [0.5, 0.6) is 0 Å². The highest BCUT2D eigenvalue weighted by Gasteiger charge is 2.17. The van der Waals surface area contributed by atoms with Gasteiger partial charge in [-0.2, -0.15) is 0 Å². The van der Waals surface area contributed by atoms with Crippen LogP contribution in [0.1, 0.15) is 31.4 Å². The van der Waals surface area contributed by atoms with E-state index in [1.165, 1.54) is 23.5 Å². The number of rotatable bonds is 6. The predicted octanol–water partition coefficient (Wildman–Crippen LogP) is 5.19. The van der Waals surface area contributed by atoms with E-state index in [2.05, 4.69) is 20.2 Å². The zero-order chi connectivity index (χ0) is 22.8. The van der Waals surface area contributed by atoms with Gasteiger partial charge in [0.15, 0.2) is 0 Å². The molecule has 2 aromatic heterocycles. The first-order chi connectivity index (χ1) is 15.3. The largest absolute Gasteiger partial charge is 0.350 e. The number of fused-ring (bicyclic) bond motifs is 1. The van der Waals surface area contributed by atoms with E-state index in [0.717, 1.165) is 28.5 Å². The van der Waals surface area contributed by atoms with Gasteiger partial charge in [0.05, 0.1) is 31.5 Å². The van der Waals surface area contributed by atoms with Gasteiger partial charge in [-0.3, -0.25) is 9.59 Å². The third kappa shape index (κ3) is 4.51. The number of thiophene rings is 1. The molecule has 0 saturated heterocycles. The van der Waals surface area contributed by atoms with Crippen LogP contribution in [0.3, 0.4) is 0 Å². The summed E-state index contributed by atoms with van der Waals surface area (Å²) in [6, 6.07) is 13.2. The fourth-order valence-corrected chi connectivity index (χ4v) is 4.70. The number of amides is 2. The molecule has 2 amide bonds. The van der Waals surface area contributed by atoms with Gasteiger partial charge in [0.1, 0.15) is 11.6 Å². The normalized spacial score (nSPS) is 11.0. The summed E-state index contributed by atoms with van der Waals surface area (Å²) in [6.45, 7) is 4.77. The maximum Gasteiger partial charge on any atom is 0.261 e. The minimum Gasteiger partial charge on any atom is -0.350 e. The number of halogens is 2. The number of aromatic nitrogens is 2. The number of para-hydroxylation sites is 2. The highest BCUT2D eigenvalue weighted by molar-refractivity contribution is 7.18. The average Bonchev–Trinajstić information content (AvgIpc) is 3.26. The number of carbonyl (C=O) groups excluding carboxylic acids is 2. The smallest absolute Gasteiger partial charge is 0.261 e. The molecule has 164 valence electrons. The maximum absolute atomic E-state index is 13.2. The van der Waals surface area contributed by atoms with Gasteiger partial charge < -0.3 is 15.2 Å². The zero-order valence-corrected chi connectivity index (χ0v) is 19.0. The van der Waals surface area contributed by atoms with Crippen LogP contribution in [0.15, 0.2) is 48.5 Å². The van der Waals surface area contributed by atoms with Crippen LogP contribution in [-0.2, 0) is 6.54 Å². The number of imidazole rings is 1. The van der Waals surface area contributed by atoms with E-state index < -0.39 is 11.7 Å². The lowest BCUT2D eigenvalue weighted by Gasteiger charge is -2.08. The van der Waals surface area contributed by atoms with Gasteiger partial charge >= 0.3 is 0 Å². The summed E-state index contributed by atoms with van der Waals surface area (Å²) in [5.74, 6) is -0.311. The predicted molar refractivity (Wildman–Crippen MR) is 125 cm³/mol. The van der Waals surface area contributed by atoms with Gasteiger partial charge in [0.25, 0.3) is 11.8 Å². The molecule has 0 fully saturated rings. The summed E-state index contributed by atoms with van der Waals surface area (Å²) in [5.41, 5.74) is 2.85. The number of aryl methyl sites for hydroxylation is 2. The molecule has 0 radical (unpaired) electrons. The number of carbonyl (C=O) groups is 2. The lowest BCUT2D eigenvalue weighted by Crippen LogP contribution is -2.27. The molecule has 0 atom stereocenters. The summed E-state index contributed by atoms with van der Waals surface area (Å²) < 4.78 is 15.3. The van der Waals surface area contributed by atoms with E-state index in [9.17, 15) is 14.0 Å². The molecular formula is C23H20ClFN4O2S. The van der Waals surface area contributed by atoms with Crippen LogP contribution in [0.2, 0.25) is 5.02 Å². The van der Waals surface area contributed by atoms with Crippen molar-refractivity contribution >= 4 is 50.8 Å². The molecule has 0 unspecified atom stereocenters. The molecule has 4 rings (SSSR count). The van der Waals surface area contributed by atoms with Gasteiger partial charge in [0, 0.05) is 13.1 Å². The van der Waals surface area contributed by atoms with E-state index in [1.54, 1.807) is 13.0 Å². The quantitative estimate of drug-likeness (QED) is 0.407. The third-order valence-electron chi connectivity index (χ3n) is 5.00. The molecule has 32 heavy (non-hydrogen) atoms. The van der Waals surface area contributed by atoms with E-state index in [4.69, 9.17) is 11.6 Å². The average molecular weight is 471 g/mol. The van der Waals surface area contributed by atoms with Gasteiger partial charge in [-0.15, -0.1) is 11.3 Å². The molecule has 0 aliphatic rings. The molecule has 0 saturated carbocycles. The van der Waals surface area contributed by atoms with Crippen LogP contribution in [0, 0.1) is 19.7 Å². The first kappa shape index (κ1) is 22.0. The van der Waals surface area contributed by atoms with Gasteiger partial charge in [-0.1, -0.05) is 23.7 Å². The molecule has 9 heteroatoms. The van der Waals surface area contributed by atoms with Crippen LogP contribution in [0.25, 0.3) is 11.0 Å². The lowest BCUT2D eigenvalue weighted by atomic mass is 10.2. The molecule has 4 aromatic rings.